The molecule has 2 amide bonds. The molecule has 0 atom stereocenters. The number of rotatable bonds is 5. The Morgan fingerprint density at radius 3 is 2.50 bits per heavy atom. The molecule has 0 aromatic heterocycles. The summed E-state index contributed by atoms with van der Waals surface area (Å²) < 4.78 is 0. The Kier molecular flexibility index (Phi) is 7.03. The van der Waals surface area contributed by atoms with Crippen molar-refractivity contribution in [1.82, 2.24) is 15.1 Å². The summed E-state index contributed by atoms with van der Waals surface area (Å²) in [6.07, 6.45) is 3.64. The molecule has 0 unspecified atom stereocenters. The van der Waals surface area contributed by atoms with Crippen molar-refractivity contribution in [3.05, 3.63) is 29.3 Å². The van der Waals surface area contributed by atoms with E-state index in [0.717, 1.165) is 62.3 Å². The molecule has 1 aromatic carbocycles. The van der Waals surface area contributed by atoms with Gasteiger partial charge >= 0.3 is 6.03 Å². The topological polar surface area (TPSA) is 38.8 Å². The molecule has 6 heteroatoms. The number of benzene rings is 1. The molecule has 26 heavy (non-hydrogen) atoms. The van der Waals surface area contributed by atoms with Crippen molar-refractivity contribution in [3.63, 3.8) is 0 Å². The normalized spacial score (nSPS) is 19.6. The van der Waals surface area contributed by atoms with Gasteiger partial charge in [-0.25, -0.2) is 4.79 Å². The molecule has 0 spiro atoms. The van der Waals surface area contributed by atoms with Gasteiger partial charge in [0.2, 0.25) is 0 Å². The van der Waals surface area contributed by atoms with Gasteiger partial charge in [-0.15, -0.1) is 0 Å². The molecular formula is C20H31ClN4O. The van der Waals surface area contributed by atoms with Crippen molar-refractivity contribution in [2.75, 3.05) is 57.3 Å². The maximum Gasteiger partial charge on any atom is 0.317 e. The van der Waals surface area contributed by atoms with Crippen LogP contribution in [0.5, 0.6) is 0 Å². The molecule has 0 aliphatic carbocycles. The Balaban J connectivity index is 1.33. The Labute approximate surface area is 162 Å². The van der Waals surface area contributed by atoms with Crippen LogP contribution in [0.25, 0.3) is 0 Å². The number of carbonyl (C=O) groups excluding carboxylic acids is 1. The minimum atomic E-state index is 0.0658. The first-order valence-corrected chi connectivity index (χ1v) is 10.3. The molecular weight excluding hydrogens is 348 g/mol. The fourth-order valence-corrected chi connectivity index (χ4v) is 4.01. The third kappa shape index (κ3) is 5.27. The molecule has 2 aliphatic rings. The van der Waals surface area contributed by atoms with Gasteiger partial charge in [-0.1, -0.05) is 30.7 Å². The fourth-order valence-electron chi connectivity index (χ4n) is 3.75. The first-order chi connectivity index (χ1) is 12.6. The second kappa shape index (κ2) is 9.47. The molecule has 0 radical (unpaired) electrons. The van der Waals surface area contributed by atoms with E-state index in [1.165, 1.54) is 25.9 Å². The summed E-state index contributed by atoms with van der Waals surface area (Å²) in [6.45, 7) is 9.72. The van der Waals surface area contributed by atoms with Gasteiger partial charge < -0.3 is 20.0 Å². The highest BCUT2D eigenvalue weighted by molar-refractivity contribution is 6.33. The van der Waals surface area contributed by atoms with Gasteiger partial charge in [0, 0.05) is 32.7 Å². The summed E-state index contributed by atoms with van der Waals surface area (Å²) in [6, 6.07) is 7.97. The standard InChI is InChI=1S/C20H31ClN4O/c1-17-7-11-23(12-8-17)10-4-9-22-20(26)25-15-13-24(14-16-25)19-6-3-2-5-18(19)21/h2-3,5-6,17H,4,7-16H2,1H3,(H,22,26). The van der Waals surface area contributed by atoms with Gasteiger partial charge in [-0.05, 0) is 56.9 Å². The zero-order chi connectivity index (χ0) is 18.4. The summed E-state index contributed by atoms with van der Waals surface area (Å²) in [5.74, 6) is 0.871. The number of para-hydroxylation sites is 1. The number of carbonyl (C=O) groups is 1. The molecule has 1 aromatic rings. The molecule has 2 fully saturated rings. The van der Waals surface area contributed by atoms with E-state index in [1.807, 2.05) is 29.2 Å². The van der Waals surface area contributed by atoms with Crippen molar-refractivity contribution in [1.29, 1.82) is 0 Å². The second-order valence-corrected chi connectivity index (χ2v) is 7.94. The number of nitrogens with zero attached hydrogens (tertiary/aromatic N) is 3. The van der Waals surface area contributed by atoms with Crippen molar-refractivity contribution >= 4 is 23.3 Å². The largest absolute Gasteiger partial charge is 0.367 e. The van der Waals surface area contributed by atoms with Gasteiger partial charge in [0.1, 0.15) is 0 Å². The zero-order valence-electron chi connectivity index (χ0n) is 15.8. The maximum atomic E-state index is 12.4. The molecule has 3 rings (SSSR count). The van der Waals surface area contributed by atoms with Crippen molar-refractivity contribution in [3.8, 4) is 0 Å². The Morgan fingerprint density at radius 2 is 1.81 bits per heavy atom. The molecule has 1 N–H and O–H groups in total. The first-order valence-electron chi connectivity index (χ1n) is 9.88. The summed E-state index contributed by atoms with van der Waals surface area (Å²) >= 11 is 6.27. The average Bonchev–Trinajstić information content (AvgIpc) is 2.67. The van der Waals surface area contributed by atoms with Crippen LogP contribution in [0, 0.1) is 5.92 Å². The van der Waals surface area contributed by atoms with E-state index < -0.39 is 0 Å². The van der Waals surface area contributed by atoms with E-state index in [9.17, 15) is 4.79 Å². The lowest BCUT2D eigenvalue weighted by atomic mass is 9.99. The third-order valence-corrected chi connectivity index (χ3v) is 5.88. The summed E-state index contributed by atoms with van der Waals surface area (Å²) in [5.41, 5.74) is 1.06. The lowest BCUT2D eigenvalue weighted by Gasteiger charge is -2.36. The maximum absolute atomic E-state index is 12.4. The highest BCUT2D eigenvalue weighted by Crippen LogP contribution is 2.26. The molecule has 0 bridgehead atoms. The van der Waals surface area contributed by atoms with E-state index in [-0.39, 0.29) is 6.03 Å². The molecule has 0 saturated carbocycles. The van der Waals surface area contributed by atoms with Gasteiger partial charge in [0.05, 0.1) is 10.7 Å². The monoisotopic (exact) mass is 378 g/mol. The zero-order valence-corrected chi connectivity index (χ0v) is 16.5. The lowest BCUT2D eigenvalue weighted by molar-refractivity contribution is 0.184. The van der Waals surface area contributed by atoms with Gasteiger partial charge in [0.25, 0.3) is 0 Å². The fraction of sp³-hybridized carbons (Fsp3) is 0.650. The van der Waals surface area contributed by atoms with E-state index in [1.54, 1.807) is 0 Å². The van der Waals surface area contributed by atoms with Crippen molar-refractivity contribution in [2.24, 2.45) is 5.92 Å². The predicted molar refractivity (Wildman–Crippen MR) is 108 cm³/mol. The average molecular weight is 379 g/mol. The van der Waals surface area contributed by atoms with Gasteiger partial charge in [-0.2, -0.15) is 0 Å². The minimum absolute atomic E-state index is 0.0658. The van der Waals surface area contributed by atoms with Crippen LogP contribution in [0.2, 0.25) is 5.02 Å². The highest BCUT2D eigenvalue weighted by atomic mass is 35.5. The van der Waals surface area contributed by atoms with Crippen LogP contribution >= 0.6 is 11.6 Å². The number of urea groups is 1. The number of hydrogen-bond donors (Lipinski definition) is 1. The van der Waals surface area contributed by atoms with Gasteiger partial charge in [-0.3, -0.25) is 0 Å². The van der Waals surface area contributed by atoms with Crippen LogP contribution < -0.4 is 10.2 Å². The van der Waals surface area contributed by atoms with Crippen LogP contribution in [-0.2, 0) is 0 Å². The summed E-state index contributed by atoms with van der Waals surface area (Å²) in [5, 5.41) is 3.86. The van der Waals surface area contributed by atoms with Crippen LogP contribution in [0.15, 0.2) is 24.3 Å². The molecule has 144 valence electrons. The number of anilines is 1. The smallest absolute Gasteiger partial charge is 0.317 e. The highest BCUT2D eigenvalue weighted by Gasteiger charge is 2.22. The quantitative estimate of drug-likeness (QED) is 0.799. The SMILES string of the molecule is CC1CCN(CCCNC(=O)N2CCN(c3ccccc3Cl)CC2)CC1. The summed E-state index contributed by atoms with van der Waals surface area (Å²) in [4.78, 5) is 19.0. The number of nitrogens with one attached hydrogen (secondary N) is 1. The molecule has 2 heterocycles. The second-order valence-electron chi connectivity index (χ2n) is 7.54. The van der Waals surface area contributed by atoms with E-state index in [0.29, 0.717) is 0 Å². The number of piperidine rings is 1. The predicted octanol–water partition coefficient (Wildman–Crippen LogP) is 3.29. The summed E-state index contributed by atoms with van der Waals surface area (Å²) in [7, 11) is 0. The number of halogens is 1. The number of likely N-dealkylation sites (tertiary alicyclic amines) is 1. The van der Waals surface area contributed by atoms with Crippen molar-refractivity contribution < 1.29 is 4.79 Å². The Bertz CT molecular complexity index is 581. The third-order valence-electron chi connectivity index (χ3n) is 5.56. The van der Waals surface area contributed by atoms with E-state index in [2.05, 4.69) is 22.0 Å². The molecule has 5 nitrogen and oxygen atoms in total. The molecule has 2 saturated heterocycles. The number of hydrogen-bond acceptors (Lipinski definition) is 3. The minimum Gasteiger partial charge on any atom is -0.367 e. The number of amides is 2. The van der Waals surface area contributed by atoms with Crippen molar-refractivity contribution in [2.45, 2.75) is 26.2 Å². The Morgan fingerprint density at radius 1 is 1.12 bits per heavy atom. The van der Waals surface area contributed by atoms with Crippen LogP contribution in [0.4, 0.5) is 10.5 Å². The van der Waals surface area contributed by atoms with Crippen LogP contribution in [0.1, 0.15) is 26.2 Å². The lowest BCUT2D eigenvalue weighted by Crippen LogP contribution is -2.52. The van der Waals surface area contributed by atoms with Crippen LogP contribution in [0.3, 0.4) is 0 Å². The Hall–Kier alpha value is -1.46. The van der Waals surface area contributed by atoms with E-state index >= 15 is 0 Å². The van der Waals surface area contributed by atoms with Crippen LogP contribution in [-0.4, -0.2) is 68.2 Å². The molecule has 2 aliphatic heterocycles. The first kappa shape index (κ1) is 19.3. The van der Waals surface area contributed by atoms with E-state index in [4.69, 9.17) is 11.6 Å². The number of piperazine rings is 1. The van der Waals surface area contributed by atoms with Gasteiger partial charge in [0.15, 0.2) is 0 Å².